The minimum Gasteiger partial charge on any atom is -0.325 e. The van der Waals surface area contributed by atoms with Gasteiger partial charge in [0.15, 0.2) is 0 Å². The Hall–Kier alpha value is -2.12. The van der Waals surface area contributed by atoms with Gasteiger partial charge in [-0.1, -0.05) is 30.9 Å². The van der Waals surface area contributed by atoms with Crippen LogP contribution in [0.1, 0.15) is 32.1 Å². The van der Waals surface area contributed by atoms with E-state index in [0.717, 1.165) is 19.3 Å². The maximum absolute atomic E-state index is 12.8. The van der Waals surface area contributed by atoms with Gasteiger partial charge in [0.2, 0.25) is 5.91 Å². The van der Waals surface area contributed by atoms with Crippen molar-refractivity contribution < 1.29 is 13.2 Å². The third-order valence-corrected chi connectivity index (χ3v) is 6.17. The van der Waals surface area contributed by atoms with E-state index in [1.807, 2.05) is 12.2 Å². The van der Waals surface area contributed by atoms with Gasteiger partial charge in [-0.05, 0) is 37.8 Å². The molecule has 0 saturated heterocycles. The lowest BCUT2D eigenvalue weighted by atomic mass is 10.1. The van der Waals surface area contributed by atoms with Crippen molar-refractivity contribution in [2.75, 3.05) is 5.32 Å². The SMILES string of the molecule is C=C1NS(=O)(=O)c2ccccc2NC(=O)CCCC/C=C/[C@H]2C[C@]12N. The zero-order valence-corrected chi connectivity index (χ0v) is 14.8. The molecule has 7 heteroatoms. The van der Waals surface area contributed by atoms with Crippen molar-refractivity contribution in [3.05, 3.63) is 48.7 Å². The number of para-hydroxylation sites is 1. The molecule has 6 nitrogen and oxygen atoms in total. The highest BCUT2D eigenvalue weighted by molar-refractivity contribution is 7.89. The summed E-state index contributed by atoms with van der Waals surface area (Å²) >= 11 is 0. The summed E-state index contributed by atoms with van der Waals surface area (Å²) < 4.78 is 28.0. The van der Waals surface area contributed by atoms with Crippen molar-refractivity contribution in [1.29, 1.82) is 0 Å². The second-order valence-electron chi connectivity index (χ2n) is 6.65. The number of hydrogen-bond donors (Lipinski definition) is 3. The average Bonchev–Trinajstić information content (AvgIpc) is 3.22. The van der Waals surface area contributed by atoms with E-state index in [9.17, 15) is 13.2 Å². The predicted octanol–water partition coefficient (Wildman–Crippen LogP) is 2.26. The number of carbonyl (C=O) groups is 1. The van der Waals surface area contributed by atoms with Gasteiger partial charge in [0.25, 0.3) is 10.0 Å². The Morgan fingerprint density at radius 3 is 2.80 bits per heavy atom. The normalized spacial score (nSPS) is 30.5. The van der Waals surface area contributed by atoms with Gasteiger partial charge in [0.1, 0.15) is 4.90 Å². The number of anilines is 1. The maximum Gasteiger partial charge on any atom is 0.263 e. The van der Waals surface area contributed by atoms with Crippen LogP contribution in [-0.4, -0.2) is 19.9 Å². The molecule has 4 N–H and O–H groups in total. The lowest BCUT2D eigenvalue weighted by Gasteiger charge is -2.18. The van der Waals surface area contributed by atoms with Gasteiger partial charge in [-0.3, -0.25) is 9.52 Å². The van der Waals surface area contributed by atoms with E-state index >= 15 is 0 Å². The summed E-state index contributed by atoms with van der Waals surface area (Å²) in [5, 5.41) is 2.69. The van der Waals surface area contributed by atoms with Gasteiger partial charge < -0.3 is 11.1 Å². The molecule has 0 spiro atoms. The largest absolute Gasteiger partial charge is 0.325 e. The molecule has 1 aliphatic carbocycles. The summed E-state index contributed by atoms with van der Waals surface area (Å²) in [6.07, 6.45) is 7.60. The molecule has 1 aromatic rings. The molecular weight excluding hydrogens is 338 g/mol. The van der Waals surface area contributed by atoms with Crippen LogP contribution in [0.25, 0.3) is 0 Å². The standard InChI is InChI=1S/C18H23N3O3S/c1-13-18(19)12-14(18)8-4-2-3-5-11-17(22)20-15-9-6-7-10-16(15)25(23,24)21-13/h4,6-10,14,21H,1-3,5,11-12,19H2,(H,20,22)/b8-4+/t14-,18-/m0/s1. The molecule has 0 radical (unpaired) electrons. The van der Waals surface area contributed by atoms with Crippen LogP contribution in [0.15, 0.2) is 53.6 Å². The number of carbonyl (C=O) groups excluding carboxylic acids is 1. The quantitative estimate of drug-likeness (QED) is 0.617. The lowest BCUT2D eigenvalue weighted by Crippen LogP contribution is -2.37. The number of hydrogen-bond acceptors (Lipinski definition) is 4. The molecule has 1 aromatic carbocycles. The number of sulfonamides is 1. The van der Waals surface area contributed by atoms with Crippen molar-refractivity contribution in [2.24, 2.45) is 11.7 Å². The summed E-state index contributed by atoms with van der Waals surface area (Å²) in [4.78, 5) is 12.1. The zero-order valence-electron chi connectivity index (χ0n) is 14.0. The first-order valence-corrected chi connectivity index (χ1v) is 9.88. The summed E-state index contributed by atoms with van der Waals surface area (Å²) in [5.41, 5.74) is 6.08. The third-order valence-electron chi connectivity index (χ3n) is 4.72. The Bertz CT molecular complexity index is 832. The molecular formula is C18H23N3O3S. The van der Waals surface area contributed by atoms with Gasteiger partial charge in [-0.2, -0.15) is 0 Å². The fourth-order valence-corrected chi connectivity index (χ4v) is 4.32. The van der Waals surface area contributed by atoms with E-state index in [1.54, 1.807) is 18.2 Å². The van der Waals surface area contributed by atoms with Crippen LogP contribution in [0.4, 0.5) is 5.69 Å². The molecule has 1 fully saturated rings. The molecule has 0 aromatic heterocycles. The van der Waals surface area contributed by atoms with Crippen molar-refractivity contribution in [1.82, 2.24) is 4.72 Å². The van der Waals surface area contributed by atoms with Crippen molar-refractivity contribution >= 4 is 21.6 Å². The molecule has 2 atom stereocenters. The highest BCUT2D eigenvalue weighted by Gasteiger charge is 2.52. The van der Waals surface area contributed by atoms with Crippen LogP contribution in [0.3, 0.4) is 0 Å². The van der Waals surface area contributed by atoms with E-state index in [0.29, 0.717) is 12.8 Å². The van der Waals surface area contributed by atoms with Crippen LogP contribution in [0.5, 0.6) is 0 Å². The third kappa shape index (κ3) is 3.77. The lowest BCUT2D eigenvalue weighted by molar-refractivity contribution is -0.116. The number of nitrogens with one attached hydrogen (secondary N) is 2. The average molecular weight is 361 g/mol. The Morgan fingerprint density at radius 1 is 1.24 bits per heavy atom. The van der Waals surface area contributed by atoms with E-state index in [2.05, 4.69) is 16.6 Å². The van der Waals surface area contributed by atoms with Gasteiger partial charge in [-0.15, -0.1) is 0 Å². The van der Waals surface area contributed by atoms with Crippen LogP contribution in [0, 0.1) is 5.92 Å². The first-order chi connectivity index (χ1) is 11.8. The van der Waals surface area contributed by atoms with Crippen LogP contribution in [0.2, 0.25) is 0 Å². The van der Waals surface area contributed by atoms with E-state index in [4.69, 9.17) is 5.73 Å². The number of allylic oxidation sites excluding steroid dienone is 1. The summed E-state index contributed by atoms with van der Waals surface area (Å²) in [5.74, 6) is -0.110. The molecule has 0 bridgehead atoms. The zero-order chi connectivity index (χ0) is 18.1. The molecule has 1 amide bonds. The minimum atomic E-state index is -3.88. The van der Waals surface area contributed by atoms with E-state index in [1.165, 1.54) is 6.07 Å². The molecule has 1 saturated carbocycles. The van der Waals surface area contributed by atoms with E-state index in [-0.39, 0.29) is 28.1 Å². The topological polar surface area (TPSA) is 101 Å². The molecule has 134 valence electrons. The Morgan fingerprint density at radius 2 is 2.00 bits per heavy atom. The highest BCUT2D eigenvalue weighted by atomic mass is 32.2. The predicted molar refractivity (Wildman–Crippen MR) is 97.2 cm³/mol. The van der Waals surface area contributed by atoms with Crippen LogP contribution in [-0.2, 0) is 14.8 Å². The Balaban J connectivity index is 1.93. The van der Waals surface area contributed by atoms with Gasteiger partial charge >= 0.3 is 0 Å². The summed E-state index contributed by atoms with van der Waals surface area (Å²) in [6, 6.07) is 6.33. The number of benzene rings is 1. The fraction of sp³-hybridized carbons (Fsp3) is 0.389. The minimum absolute atomic E-state index is 0.00992. The van der Waals surface area contributed by atoms with Crippen molar-refractivity contribution in [3.63, 3.8) is 0 Å². The molecule has 25 heavy (non-hydrogen) atoms. The maximum atomic E-state index is 12.8. The number of fused-ring (bicyclic) bond motifs is 2. The van der Waals surface area contributed by atoms with Crippen LogP contribution >= 0.6 is 0 Å². The smallest absolute Gasteiger partial charge is 0.263 e. The van der Waals surface area contributed by atoms with Crippen LogP contribution < -0.4 is 15.8 Å². The Kier molecular flexibility index (Phi) is 4.71. The molecule has 1 aliphatic heterocycles. The first kappa shape index (κ1) is 17.7. The number of amides is 1. The second kappa shape index (κ2) is 6.65. The first-order valence-electron chi connectivity index (χ1n) is 8.39. The number of nitrogens with two attached hydrogens (primary N) is 1. The summed E-state index contributed by atoms with van der Waals surface area (Å²) in [7, 11) is -3.88. The van der Waals surface area contributed by atoms with Gasteiger partial charge in [-0.25, -0.2) is 8.42 Å². The van der Waals surface area contributed by atoms with Gasteiger partial charge in [0.05, 0.1) is 11.2 Å². The molecule has 3 rings (SSSR count). The van der Waals surface area contributed by atoms with Crippen molar-refractivity contribution in [3.8, 4) is 0 Å². The van der Waals surface area contributed by atoms with E-state index < -0.39 is 15.6 Å². The highest BCUT2D eigenvalue weighted by Crippen LogP contribution is 2.46. The number of rotatable bonds is 0. The fourth-order valence-electron chi connectivity index (χ4n) is 3.03. The molecule has 1 heterocycles. The van der Waals surface area contributed by atoms with Gasteiger partial charge in [0, 0.05) is 18.0 Å². The van der Waals surface area contributed by atoms with Crippen molar-refractivity contribution in [2.45, 2.75) is 42.5 Å². The summed E-state index contributed by atoms with van der Waals surface area (Å²) in [6.45, 7) is 3.84. The monoisotopic (exact) mass is 361 g/mol. The molecule has 0 unspecified atom stereocenters. The molecule has 2 aliphatic rings. The Labute approximate surface area is 148 Å². The second-order valence-corrected chi connectivity index (χ2v) is 8.30.